The summed E-state index contributed by atoms with van der Waals surface area (Å²) < 4.78 is 88.0. The Labute approximate surface area is 122 Å². The lowest BCUT2D eigenvalue weighted by Gasteiger charge is -2.31. The van der Waals surface area contributed by atoms with E-state index in [1.54, 1.807) is 22.6 Å². The maximum atomic E-state index is 13.4. The topological polar surface area (TPSA) is 20.2 Å². The van der Waals surface area contributed by atoms with E-state index < -0.39 is 30.5 Å². The highest BCUT2D eigenvalue weighted by molar-refractivity contribution is 14.1. The molecule has 1 atom stereocenters. The van der Waals surface area contributed by atoms with E-state index in [-0.39, 0.29) is 5.56 Å². The minimum absolute atomic E-state index is 0.215. The van der Waals surface area contributed by atoms with Crippen molar-refractivity contribution in [2.45, 2.75) is 30.5 Å². The molecule has 1 nitrogen and oxygen atoms in total. The normalized spacial score (nSPS) is 15.2. The second-order valence-electron chi connectivity index (χ2n) is 4.07. The second-order valence-corrected chi connectivity index (χ2v) is 5.32. The molecule has 0 heterocycles. The standard InChI is InChI=1S/C11H8F7IO/c12-9(10(13,14)15,11(16,17)18)5-8(20)6-2-1-3-7(19)4-6/h1-4,8,20H,5H2. The van der Waals surface area contributed by atoms with Crippen LogP contribution in [0.1, 0.15) is 18.1 Å². The van der Waals surface area contributed by atoms with Crippen LogP contribution in [0.5, 0.6) is 0 Å². The van der Waals surface area contributed by atoms with Gasteiger partial charge in [0.25, 0.3) is 0 Å². The van der Waals surface area contributed by atoms with E-state index in [0.29, 0.717) is 3.57 Å². The number of rotatable bonds is 3. The van der Waals surface area contributed by atoms with Gasteiger partial charge in [0.2, 0.25) is 0 Å². The first-order valence-electron chi connectivity index (χ1n) is 5.14. The smallest absolute Gasteiger partial charge is 0.388 e. The van der Waals surface area contributed by atoms with Crippen molar-refractivity contribution >= 4 is 22.6 Å². The summed E-state index contributed by atoms with van der Waals surface area (Å²) in [4.78, 5) is 0. The highest BCUT2D eigenvalue weighted by Gasteiger charge is 2.72. The van der Waals surface area contributed by atoms with Gasteiger partial charge in [-0.15, -0.1) is 0 Å². The average Bonchev–Trinajstić information content (AvgIpc) is 2.25. The van der Waals surface area contributed by atoms with Crippen molar-refractivity contribution in [3.05, 3.63) is 33.4 Å². The molecule has 0 spiro atoms. The second kappa shape index (κ2) is 5.66. The van der Waals surface area contributed by atoms with Crippen LogP contribution < -0.4 is 0 Å². The van der Waals surface area contributed by atoms with Crippen LogP contribution in [0.4, 0.5) is 30.7 Å². The van der Waals surface area contributed by atoms with Crippen molar-refractivity contribution in [3.8, 4) is 0 Å². The van der Waals surface area contributed by atoms with E-state index in [1.807, 2.05) is 0 Å². The van der Waals surface area contributed by atoms with Crippen LogP contribution >= 0.6 is 22.6 Å². The zero-order valence-electron chi connectivity index (χ0n) is 9.56. The number of aliphatic hydroxyl groups excluding tert-OH is 1. The van der Waals surface area contributed by atoms with E-state index >= 15 is 0 Å². The Hall–Kier alpha value is -0.580. The van der Waals surface area contributed by atoms with Crippen LogP contribution in [0.15, 0.2) is 24.3 Å². The predicted octanol–water partition coefficient (Wildman–Crippen LogP) is 4.55. The molecule has 20 heavy (non-hydrogen) atoms. The zero-order chi connectivity index (χ0) is 15.8. The third-order valence-corrected chi connectivity index (χ3v) is 3.28. The number of aliphatic hydroxyl groups is 1. The van der Waals surface area contributed by atoms with Gasteiger partial charge in [-0.3, -0.25) is 0 Å². The largest absolute Gasteiger partial charge is 0.431 e. The minimum atomic E-state index is -6.16. The molecule has 1 aromatic carbocycles. The monoisotopic (exact) mass is 416 g/mol. The first-order chi connectivity index (χ1) is 8.88. The molecular formula is C11H8F7IO. The molecule has 1 aromatic rings. The number of hydrogen-bond acceptors (Lipinski definition) is 1. The van der Waals surface area contributed by atoms with Crippen LogP contribution in [0.3, 0.4) is 0 Å². The fourth-order valence-electron chi connectivity index (χ4n) is 1.49. The highest BCUT2D eigenvalue weighted by atomic mass is 127. The SMILES string of the molecule is OC(CC(F)(C(F)(F)F)C(F)(F)F)c1cccc(I)c1. The van der Waals surface area contributed by atoms with Gasteiger partial charge in [-0.05, 0) is 40.3 Å². The average molecular weight is 416 g/mol. The lowest BCUT2D eigenvalue weighted by atomic mass is 9.93. The molecule has 0 saturated heterocycles. The lowest BCUT2D eigenvalue weighted by Crippen LogP contribution is -2.54. The molecule has 0 radical (unpaired) electrons. The van der Waals surface area contributed by atoms with Crippen LogP contribution in [0, 0.1) is 3.57 Å². The van der Waals surface area contributed by atoms with Crippen molar-refractivity contribution < 1.29 is 35.8 Å². The first kappa shape index (κ1) is 17.5. The van der Waals surface area contributed by atoms with Gasteiger partial charge in [-0.1, -0.05) is 12.1 Å². The van der Waals surface area contributed by atoms with Gasteiger partial charge in [0.05, 0.1) is 6.10 Å². The van der Waals surface area contributed by atoms with Gasteiger partial charge in [0.1, 0.15) is 0 Å². The quantitative estimate of drug-likeness (QED) is 0.567. The highest BCUT2D eigenvalue weighted by Crippen LogP contribution is 2.50. The van der Waals surface area contributed by atoms with Crippen LogP contribution in [-0.2, 0) is 0 Å². The van der Waals surface area contributed by atoms with Gasteiger partial charge in [-0.2, -0.15) is 26.3 Å². The van der Waals surface area contributed by atoms with E-state index in [0.717, 1.165) is 6.07 Å². The van der Waals surface area contributed by atoms with Crippen molar-refractivity contribution in [2.75, 3.05) is 0 Å². The summed E-state index contributed by atoms with van der Waals surface area (Å²) >= 11 is 1.76. The van der Waals surface area contributed by atoms with Crippen molar-refractivity contribution in [2.24, 2.45) is 0 Å². The van der Waals surface area contributed by atoms with Crippen LogP contribution in [0.2, 0.25) is 0 Å². The third kappa shape index (κ3) is 3.54. The Kier molecular flexibility index (Phi) is 4.95. The molecule has 1 unspecified atom stereocenters. The van der Waals surface area contributed by atoms with Gasteiger partial charge < -0.3 is 5.11 Å². The summed E-state index contributed by atoms with van der Waals surface area (Å²) in [5.74, 6) is 0. The fraction of sp³-hybridized carbons (Fsp3) is 0.455. The Balaban J connectivity index is 3.09. The van der Waals surface area contributed by atoms with Gasteiger partial charge in [-0.25, -0.2) is 4.39 Å². The molecule has 0 amide bonds. The molecule has 0 fully saturated rings. The molecule has 0 aliphatic heterocycles. The molecule has 0 saturated carbocycles. The lowest BCUT2D eigenvalue weighted by molar-refractivity contribution is -0.347. The molecule has 1 rings (SSSR count). The summed E-state index contributed by atoms with van der Waals surface area (Å²) in [5, 5.41) is 9.46. The first-order valence-corrected chi connectivity index (χ1v) is 6.22. The number of hydrogen-bond donors (Lipinski definition) is 1. The molecule has 1 N–H and O–H groups in total. The summed E-state index contributed by atoms with van der Waals surface area (Å²) in [6.45, 7) is 0. The number of benzene rings is 1. The van der Waals surface area contributed by atoms with E-state index in [9.17, 15) is 35.8 Å². The number of alkyl halides is 7. The molecule has 0 aliphatic rings. The summed E-state index contributed by atoms with van der Waals surface area (Å²) in [7, 11) is 0. The van der Waals surface area contributed by atoms with Crippen molar-refractivity contribution in [1.82, 2.24) is 0 Å². The van der Waals surface area contributed by atoms with E-state index in [2.05, 4.69) is 0 Å². The van der Waals surface area contributed by atoms with Gasteiger partial charge in [0, 0.05) is 9.99 Å². The van der Waals surface area contributed by atoms with Crippen molar-refractivity contribution in [3.63, 3.8) is 0 Å². The minimum Gasteiger partial charge on any atom is -0.388 e. The predicted molar refractivity (Wildman–Crippen MR) is 64.7 cm³/mol. The van der Waals surface area contributed by atoms with E-state index in [4.69, 9.17) is 0 Å². The molecule has 0 aliphatic carbocycles. The van der Waals surface area contributed by atoms with Gasteiger partial charge in [0.15, 0.2) is 0 Å². The Morgan fingerprint density at radius 2 is 1.50 bits per heavy atom. The summed E-state index contributed by atoms with van der Waals surface area (Å²) in [5.41, 5.74) is -5.67. The molecule has 0 bridgehead atoms. The van der Waals surface area contributed by atoms with Crippen LogP contribution in [0.25, 0.3) is 0 Å². The summed E-state index contributed by atoms with van der Waals surface area (Å²) in [6, 6.07) is 5.16. The Morgan fingerprint density at radius 1 is 1.00 bits per heavy atom. The summed E-state index contributed by atoms with van der Waals surface area (Å²) in [6.07, 6.45) is -16.7. The molecule has 114 valence electrons. The van der Waals surface area contributed by atoms with Crippen molar-refractivity contribution in [1.29, 1.82) is 0 Å². The molecule has 0 aromatic heterocycles. The third-order valence-electron chi connectivity index (χ3n) is 2.61. The molecule has 9 heteroatoms. The van der Waals surface area contributed by atoms with Gasteiger partial charge >= 0.3 is 18.0 Å². The Morgan fingerprint density at radius 3 is 1.90 bits per heavy atom. The Bertz CT molecular complexity index is 455. The van der Waals surface area contributed by atoms with Crippen LogP contribution in [-0.4, -0.2) is 23.1 Å². The maximum Gasteiger partial charge on any atom is 0.431 e. The molecular weight excluding hydrogens is 408 g/mol. The fourth-order valence-corrected chi connectivity index (χ4v) is 2.06. The zero-order valence-corrected chi connectivity index (χ0v) is 11.7. The maximum absolute atomic E-state index is 13.4. The number of halogens is 8. The van der Waals surface area contributed by atoms with E-state index in [1.165, 1.54) is 18.2 Å².